The number of carboxylic acids is 1. The molecule has 2 heterocycles. The summed E-state index contributed by atoms with van der Waals surface area (Å²) in [6.07, 6.45) is 0.759. The Kier molecular flexibility index (Phi) is 3.00. The van der Waals surface area contributed by atoms with Crippen LogP contribution in [0.25, 0.3) is 0 Å². The van der Waals surface area contributed by atoms with Crippen LogP contribution in [0.4, 0.5) is 5.69 Å². The first-order valence-electron chi connectivity index (χ1n) is 7.48. The van der Waals surface area contributed by atoms with E-state index in [9.17, 15) is 14.7 Å². The third-order valence-electron chi connectivity index (χ3n) is 4.79. The van der Waals surface area contributed by atoms with Gasteiger partial charge in [-0.3, -0.25) is 4.79 Å². The zero-order chi connectivity index (χ0) is 16.3. The molecular formula is C18H14ClNO3. The first-order valence-corrected chi connectivity index (χ1v) is 7.86. The fourth-order valence-corrected chi connectivity index (χ4v) is 3.96. The van der Waals surface area contributed by atoms with Crippen molar-refractivity contribution in [3.8, 4) is 0 Å². The number of amides is 1. The Hall–Kier alpha value is -2.33. The van der Waals surface area contributed by atoms with Crippen molar-refractivity contribution in [1.29, 1.82) is 0 Å². The number of rotatable bonds is 1. The Morgan fingerprint density at radius 1 is 1.26 bits per heavy atom. The number of hydrogen-bond donors (Lipinski definition) is 1. The summed E-state index contributed by atoms with van der Waals surface area (Å²) >= 11 is 6.10. The van der Waals surface area contributed by atoms with Crippen LogP contribution < -0.4 is 4.90 Å². The first kappa shape index (κ1) is 14.3. The largest absolute Gasteiger partial charge is 0.478 e. The Morgan fingerprint density at radius 2 is 2.04 bits per heavy atom. The maximum atomic E-state index is 12.9. The number of carboxylic acid groups (broad SMARTS) is 1. The lowest BCUT2D eigenvalue weighted by atomic mass is 9.85. The van der Waals surface area contributed by atoms with E-state index in [4.69, 9.17) is 11.6 Å². The second kappa shape index (κ2) is 4.83. The fraction of sp³-hybridized carbons (Fsp3) is 0.222. The van der Waals surface area contributed by atoms with E-state index in [0.717, 1.165) is 23.2 Å². The van der Waals surface area contributed by atoms with Crippen LogP contribution in [-0.2, 0) is 0 Å². The summed E-state index contributed by atoms with van der Waals surface area (Å²) in [5, 5.41) is 10.0. The van der Waals surface area contributed by atoms with Gasteiger partial charge in [-0.15, -0.1) is 0 Å². The van der Waals surface area contributed by atoms with Gasteiger partial charge in [0.2, 0.25) is 0 Å². The lowest BCUT2D eigenvalue weighted by Crippen LogP contribution is -2.33. The van der Waals surface area contributed by atoms with Crippen LogP contribution in [0.15, 0.2) is 36.4 Å². The second-order valence-electron chi connectivity index (χ2n) is 6.11. The molecule has 1 amide bonds. The van der Waals surface area contributed by atoms with Gasteiger partial charge < -0.3 is 10.0 Å². The highest BCUT2D eigenvalue weighted by atomic mass is 35.5. The molecule has 2 aliphatic heterocycles. The highest BCUT2D eigenvalue weighted by Crippen LogP contribution is 2.50. The molecule has 116 valence electrons. The number of anilines is 1. The van der Waals surface area contributed by atoms with Crippen molar-refractivity contribution in [2.24, 2.45) is 0 Å². The van der Waals surface area contributed by atoms with Crippen molar-refractivity contribution >= 4 is 29.2 Å². The third-order valence-corrected chi connectivity index (χ3v) is 5.02. The maximum absolute atomic E-state index is 12.9. The number of fused-ring (bicyclic) bond motifs is 5. The van der Waals surface area contributed by atoms with Crippen LogP contribution in [0, 0.1) is 0 Å². The van der Waals surface area contributed by atoms with Crippen molar-refractivity contribution in [3.05, 3.63) is 63.7 Å². The molecule has 0 aliphatic carbocycles. The van der Waals surface area contributed by atoms with E-state index in [-0.39, 0.29) is 23.4 Å². The molecule has 2 aliphatic rings. The lowest BCUT2D eigenvalue weighted by molar-refractivity contribution is 0.0692. The predicted octanol–water partition coefficient (Wildman–Crippen LogP) is 4.25. The summed E-state index contributed by atoms with van der Waals surface area (Å²) in [6, 6.07) is 10.5. The quantitative estimate of drug-likeness (QED) is 0.852. The molecule has 0 fully saturated rings. The first-order chi connectivity index (χ1) is 11.0. The SMILES string of the molecule is C[C@H]1C[C@@H]2c3cccc(C(=O)O)c3C(=O)N2c2ccc(Cl)cc21. The number of aromatic carboxylic acids is 1. The average Bonchev–Trinajstić information content (AvgIpc) is 2.81. The van der Waals surface area contributed by atoms with Crippen LogP contribution in [0.1, 0.15) is 57.1 Å². The smallest absolute Gasteiger partial charge is 0.336 e. The van der Waals surface area contributed by atoms with Crippen molar-refractivity contribution in [1.82, 2.24) is 0 Å². The van der Waals surface area contributed by atoms with Gasteiger partial charge in [0.1, 0.15) is 0 Å². The minimum Gasteiger partial charge on any atom is -0.478 e. The van der Waals surface area contributed by atoms with Gasteiger partial charge in [-0.05, 0) is 47.7 Å². The fourth-order valence-electron chi connectivity index (χ4n) is 3.78. The molecular weight excluding hydrogens is 314 g/mol. The number of nitrogens with zero attached hydrogens (tertiary/aromatic N) is 1. The molecule has 0 unspecified atom stereocenters. The van der Waals surface area contributed by atoms with Crippen LogP contribution in [0.2, 0.25) is 5.02 Å². The Labute approximate surface area is 138 Å². The number of hydrogen-bond acceptors (Lipinski definition) is 2. The van der Waals surface area contributed by atoms with Crippen LogP contribution in [-0.4, -0.2) is 17.0 Å². The normalized spacial score (nSPS) is 21.7. The molecule has 0 saturated heterocycles. The van der Waals surface area contributed by atoms with Crippen LogP contribution in [0.3, 0.4) is 0 Å². The van der Waals surface area contributed by atoms with E-state index in [1.165, 1.54) is 6.07 Å². The van der Waals surface area contributed by atoms with E-state index >= 15 is 0 Å². The van der Waals surface area contributed by atoms with E-state index in [2.05, 4.69) is 6.92 Å². The van der Waals surface area contributed by atoms with Gasteiger partial charge in [0, 0.05) is 10.7 Å². The summed E-state index contributed by atoms with van der Waals surface area (Å²) in [5.74, 6) is -1.06. The van der Waals surface area contributed by atoms with Crippen molar-refractivity contribution < 1.29 is 14.7 Å². The molecule has 4 nitrogen and oxygen atoms in total. The summed E-state index contributed by atoms with van der Waals surface area (Å²) < 4.78 is 0. The third kappa shape index (κ3) is 1.91. The molecule has 23 heavy (non-hydrogen) atoms. The second-order valence-corrected chi connectivity index (χ2v) is 6.54. The molecule has 0 spiro atoms. The lowest BCUT2D eigenvalue weighted by Gasteiger charge is -2.36. The molecule has 2 aromatic carbocycles. The molecule has 5 heteroatoms. The number of benzene rings is 2. The van der Waals surface area contributed by atoms with Gasteiger partial charge in [0.05, 0.1) is 17.2 Å². The average molecular weight is 328 g/mol. The van der Waals surface area contributed by atoms with Gasteiger partial charge in [-0.1, -0.05) is 30.7 Å². The monoisotopic (exact) mass is 327 g/mol. The molecule has 2 atom stereocenters. The highest BCUT2D eigenvalue weighted by molar-refractivity contribution is 6.30. The standard InChI is InChI=1S/C18H14ClNO3/c1-9-7-15-11-3-2-4-12(18(22)23)16(11)17(21)20(15)14-6-5-10(19)8-13(9)14/h2-6,8-9,15H,7H2,1H3,(H,22,23)/t9-,15+/m0/s1. The van der Waals surface area contributed by atoms with Gasteiger partial charge in [-0.2, -0.15) is 0 Å². The molecule has 0 radical (unpaired) electrons. The molecule has 0 aromatic heterocycles. The summed E-state index contributed by atoms with van der Waals surface area (Å²) in [6.45, 7) is 2.11. The Balaban J connectivity index is 1.94. The maximum Gasteiger partial charge on any atom is 0.336 e. The highest BCUT2D eigenvalue weighted by Gasteiger charge is 2.44. The molecule has 2 aromatic rings. The molecule has 0 saturated carbocycles. The van der Waals surface area contributed by atoms with E-state index in [0.29, 0.717) is 10.6 Å². The van der Waals surface area contributed by atoms with E-state index in [1.54, 1.807) is 17.0 Å². The summed E-state index contributed by atoms with van der Waals surface area (Å²) in [4.78, 5) is 26.1. The van der Waals surface area contributed by atoms with Crippen molar-refractivity contribution in [2.75, 3.05) is 4.90 Å². The van der Waals surface area contributed by atoms with Gasteiger partial charge in [0.15, 0.2) is 0 Å². The Bertz CT molecular complexity index is 861. The summed E-state index contributed by atoms with van der Waals surface area (Å²) in [5.41, 5.74) is 3.06. The van der Waals surface area contributed by atoms with E-state index in [1.807, 2.05) is 18.2 Å². The van der Waals surface area contributed by atoms with Crippen LogP contribution in [0.5, 0.6) is 0 Å². The molecule has 4 rings (SSSR count). The van der Waals surface area contributed by atoms with Gasteiger partial charge in [0.25, 0.3) is 5.91 Å². The molecule has 0 bridgehead atoms. The molecule has 1 N–H and O–H groups in total. The number of halogens is 1. The predicted molar refractivity (Wildman–Crippen MR) is 87.4 cm³/mol. The van der Waals surface area contributed by atoms with Crippen LogP contribution >= 0.6 is 11.6 Å². The minimum atomic E-state index is -1.07. The number of carbonyl (C=O) groups is 2. The van der Waals surface area contributed by atoms with Crippen molar-refractivity contribution in [2.45, 2.75) is 25.3 Å². The number of carbonyl (C=O) groups excluding carboxylic acids is 1. The Morgan fingerprint density at radius 3 is 2.78 bits per heavy atom. The zero-order valence-electron chi connectivity index (χ0n) is 12.4. The van der Waals surface area contributed by atoms with E-state index < -0.39 is 5.97 Å². The topological polar surface area (TPSA) is 57.6 Å². The zero-order valence-corrected chi connectivity index (χ0v) is 13.2. The van der Waals surface area contributed by atoms with Crippen molar-refractivity contribution in [3.63, 3.8) is 0 Å². The van der Waals surface area contributed by atoms with Gasteiger partial charge >= 0.3 is 5.97 Å². The summed E-state index contributed by atoms with van der Waals surface area (Å²) in [7, 11) is 0. The minimum absolute atomic E-state index is 0.0741. The van der Waals surface area contributed by atoms with Gasteiger partial charge in [-0.25, -0.2) is 4.79 Å².